The molecule has 0 aromatic rings. The van der Waals surface area contributed by atoms with Crippen LogP contribution in [0.25, 0.3) is 24.6 Å². The van der Waals surface area contributed by atoms with Crippen LogP contribution in [0, 0.1) is 0 Å². The van der Waals surface area contributed by atoms with Gasteiger partial charge >= 0.3 is 65.2 Å². The quantitative estimate of drug-likeness (QED) is 0.522. The minimum absolute atomic E-state index is 0. The molecule has 9 radical (unpaired) electrons. The van der Waals surface area contributed by atoms with E-state index in [0.29, 0.717) is 0 Å². The molecule has 0 saturated carbocycles. The fourth-order valence-corrected chi connectivity index (χ4v) is 0. The third-order valence-corrected chi connectivity index (χ3v) is 0. The van der Waals surface area contributed by atoms with Gasteiger partial charge in [0.2, 0.25) is 0 Å². The fraction of sp³-hybridized carbons (Fsp3) is 0. The zero-order chi connectivity index (χ0) is 0. The molecule has 41 valence electrons. The minimum atomic E-state index is 0. The maximum Gasteiger partial charge on any atom is 4.00 e. The zero-order valence-corrected chi connectivity index (χ0v) is 9.71. The van der Waals surface area contributed by atoms with Crippen molar-refractivity contribution in [2.45, 2.75) is 0 Å². The summed E-state index contributed by atoms with van der Waals surface area (Å²) in [5, 5.41) is 0. The summed E-state index contributed by atoms with van der Waals surface area (Å²) in [7, 11) is 0. The van der Waals surface area contributed by atoms with Crippen molar-refractivity contribution in [3.8, 4) is 0 Å². The average molecular weight is 232 g/mol. The number of hydrogen-bond acceptors (Lipinski definition) is 0. The molecule has 10 heavy (non-hydrogen) atoms. The molecule has 4 nitrogen and oxygen atoms in total. The molecule has 0 aliphatic rings. The van der Waals surface area contributed by atoms with Crippen LogP contribution in [0.1, 0.15) is 0 Å². The van der Waals surface area contributed by atoms with Crippen molar-refractivity contribution in [1.29, 1.82) is 0 Å². The molecule has 0 unspecified atom stereocenters. The largest absolute Gasteiger partial charge is 4.00 e. The van der Waals surface area contributed by atoms with E-state index in [0.717, 1.165) is 0 Å². The molecule has 10 heteroatoms. The fourth-order valence-electron chi connectivity index (χ4n) is 0. The summed E-state index contributed by atoms with van der Waals surface area (Å²) in [6.07, 6.45) is 0. The van der Waals surface area contributed by atoms with E-state index >= 15 is 0 Å². The molecule has 0 atom stereocenters. The van der Waals surface area contributed by atoms with Crippen molar-refractivity contribution < 1.29 is 65.2 Å². The van der Waals surface area contributed by atoms with E-state index in [9.17, 15) is 0 Å². The van der Waals surface area contributed by atoms with E-state index in [2.05, 4.69) is 0 Å². The van der Waals surface area contributed by atoms with Gasteiger partial charge < -0.3 is 24.6 Å². The standard InChI is InChI=1S/3B.4N.3Ti/q;;;4*-3;3*+4. The maximum absolute atomic E-state index is 0. The summed E-state index contributed by atoms with van der Waals surface area (Å²) >= 11 is 0. The van der Waals surface area contributed by atoms with Crippen LogP contribution in [0.4, 0.5) is 0 Å². The van der Waals surface area contributed by atoms with Crippen LogP contribution in [-0.4, -0.2) is 25.2 Å². The van der Waals surface area contributed by atoms with Crippen LogP contribution in [0.15, 0.2) is 0 Å². The van der Waals surface area contributed by atoms with Gasteiger partial charge in [-0.15, -0.1) is 0 Å². The first-order valence-electron chi connectivity index (χ1n) is 0. The molecule has 0 rings (SSSR count). The Hall–Kier alpha value is 2.18. The normalized spacial score (nSPS) is 0. The predicted molar refractivity (Wildman–Crippen MR) is 30.7 cm³/mol. The summed E-state index contributed by atoms with van der Waals surface area (Å²) in [5.74, 6) is 0. The van der Waals surface area contributed by atoms with E-state index in [-0.39, 0.29) is 115 Å². The second-order valence-corrected chi connectivity index (χ2v) is 0. The second-order valence-electron chi connectivity index (χ2n) is 0. The van der Waals surface area contributed by atoms with Crippen LogP contribution in [0.3, 0.4) is 0 Å². The van der Waals surface area contributed by atoms with Gasteiger partial charge in [0.15, 0.2) is 0 Å². The van der Waals surface area contributed by atoms with Gasteiger partial charge in [0.25, 0.3) is 0 Å². The van der Waals surface area contributed by atoms with Crippen molar-refractivity contribution in [2.75, 3.05) is 0 Å². The molecular weight excluding hydrogens is 232 g/mol. The Labute approximate surface area is 114 Å². The molecule has 0 spiro atoms. The minimum Gasteiger partial charge on any atom is -3.00 e. The van der Waals surface area contributed by atoms with Gasteiger partial charge in [-0.3, -0.25) is 0 Å². The van der Waals surface area contributed by atoms with Crippen molar-refractivity contribution in [1.82, 2.24) is 0 Å². The van der Waals surface area contributed by atoms with Gasteiger partial charge in [0.1, 0.15) is 0 Å². The molecule has 0 heterocycles. The maximum atomic E-state index is 0. The van der Waals surface area contributed by atoms with E-state index in [1.165, 1.54) is 0 Å². The molecule has 0 aliphatic carbocycles. The van der Waals surface area contributed by atoms with Crippen LogP contribution >= 0.6 is 0 Å². The first-order chi connectivity index (χ1) is 0. The Bertz CT molecular complexity index is 15.7. The van der Waals surface area contributed by atoms with Crippen LogP contribution in [0.5, 0.6) is 0 Å². The molecule has 0 aromatic heterocycles. The Kier molecular flexibility index (Phi) is 7830. The van der Waals surface area contributed by atoms with Gasteiger partial charge in [-0.1, -0.05) is 0 Å². The summed E-state index contributed by atoms with van der Waals surface area (Å²) in [5.41, 5.74) is 0. The van der Waals surface area contributed by atoms with E-state index in [4.69, 9.17) is 0 Å². The first-order valence-corrected chi connectivity index (χ1v) is 0. The molecular formula is B3N4Ti3. The monoisotopic (exact) mass is 233 g/mol. The number of hydrogen-bond donors (Lipinski definition) is 0. The van der Waals surface area contributed by atoms with Crippen LogP contribution in [0.2, 0.25) is 0 Å². The van der Waals surface area contributed by atoms with Gasteiger partial charge in [0, 0.05) is 25.2 Å². The van der Waals surface area contributed by atoms with Crippen LogP contribution in [-0.2, 0) is 65.2 Å². The first kappa shape index (κ1) is 321. The molecule has 0 N–H and O–H groups in total. The van der Waals surface area contributed by atoms with Crippen LogP contribution < -0.4 is 0 Å². The van der Waals surface area contributed by atoms with E-state index < -0.39 is 0 Å². The summed E-state index contributed by atoms with van der Waals surface area (Å²) in [4.78, 5) is 0. The molecule has 0 saturated heterocycles. The third kappa shape index (κ3) is 181. The van der Waals surface area contributed by atoms with Gasteiger partial charge in [-0.25, -0.2) is 0 Å². The predicted octanol–water partition coefficient (Wildman–Crippen LogP) is 0.00490. The van der Waals surface area contributed by atoms with Crippen molar-refractivity contribution in [3.05, 3.63) is 24.6 Å². The summed E-state index contributed by atoms with van der Waals surface area (Å²) < 4.78 is 0. The Morgan fingerprint density at radius 1 is 0.300 bits per heavy atom. The van der Waals surface area contributed by atoms with Crippen molar-refractivity contribution in [3.63, 3.8) is 0 Å². The summed E-state index contributed by atoms with van der Waals surface area (Å²) in [6.45, 7) is 0. The van der Waals surface area contributed by atoms with Gasteiger partial charge in [-0.2, -0.15) is 0 Å². The number of rotatable bonds is 0. The SMILES string of the molecule is [B].[B].[B].[N-3].[N-3].[N-3].[N-3].[Ti+4].[Ti+4].[Ti+4]. The second kappa shape index (κ2) is 244. The molecule has 0 aromatic carbocycles. The van der Waals surface area contributed by atoms with E-state index in [1.807, 2.05) is 0 Å². The van der Waals surface area contributed by atoms with Gasteiger partial charge in [-0.05, 0) is 0 Å². The molecule has 0 aliphatic heterocycles. The third-order valence-electron chi connectivity index (χ3n) is 0. The van der Waals surface area contributed by atoms with Gasteiger partial charge in [0.05, 0.1) is 0 Å². The number of nitrogens with zero attached hydrogens (tertiary/aromatic N) is 4. The van der Waals surface area contributed by atoms with E-state index in [1.54, 1.807) is 0 Å². The van der Waals surface area contributed by atoms with Crippen molar-refractivity contribution in [2.24, 2.45) is 0 Å². The Morgan fingerprint density at radius 2 is 0.300 bits per heavy atom. The Morgan fingerprint density at radius 3 is 0.300 bits per heavy atom. The zero-order valence-electron chi connectivity index (χ0n) is 5.02. The molecule has 0 bridgehead atoms. The van der Waals surface area contributed by atoms with Crippen molar-refractivity contribution >= 4 is 25.2 Å². The topological polar surface area (TPSA) is 122 Å². The molecule has 0 fully saturated rings. The summed E-state index contributed by atoms with van der Waals surface area (Å²) in [6, 6.07) is 0. The Balaban J connectivity index is 0. The smallest absolute Gasteiger partial charge is 3.00 e. The average Bonchev–Trinajstić information content (AvgIpc) is 0. The molecule has 0 amide bonds.